The molecule has 1 atom stereocenters. The first-order valence-electron chi connectivity index (χ1n) is 12.7. The Morgan fingerprint density at radius 2 is 1.59 bits per heavy atom. The number of amidine groups is 2. The van der Waals surface area contributed by atoms with Gasteiger partial charge in [0.25, 0.3) is 0 Å². The SMILES string of the molecule is Cc1ccc(NC2=Nc3ccccc3N3C2=Nc2c(c(C)nn2-c2ccccn2)C3c2ccc(Cl)cc2)cc1. The lowest BCUT2D eigenvalue weighted by atomic mass is 9.93. The molecule has 0 fully saturated rings. The number of aliphatic imine (C=N–C) groups is 2. The van der Waals surface area contributed by atoms with Crippen molar-refractivity contribution in [3.63, 3.8) is 0 Å². The normalized spacial score (nSPS) is 15.6. The van der Waals surface area contributed by atoms with Crippen LogP contribution < -0.4 is 10.2 Å². The Kier molecular flexibility index (Phi) is 5.52. The Morgan fingerprint density at radius 1 is 0.821 bits per heavy atom. The van der Waals surface area contributed by atoms with Gasteiger partial charge in [0.2, 0.25) is 0 Å². The average molecular weight is 530 g/mol. The third kappa shape index (κ3) is 3.99. The van der Waals surface area contributed by atoms with Crippen LogP contribution in [0.1, 0.15) is 28.4 Å². The third-order valence-corrected chi connectivity index (χ3v) is 7.26. The van der Waals surface area contributed by atoms with Crippen molar-refractivity contribution in [1.82, 2.24) is 14.8 Å². The molecule has 1 unspecified atom stereocenters. The standard InChI is InChI=1S/C31H24ClN7/c1-19-10-16-23(17-11-19)34-29-31-36-30-27(20(2)37-39(30)26-9-5-6-18-33-26)28(21-12-14-22(32)15-13-21)38(31)25-8-4-3-7-24(25)35-29/h3-18,28H,1-2H3,(H,34,35). The summed E-state index contributed by atoms with van der Waals surface area (Å²) in [7, 11) is 0. The Balaban J connectivity index is 1.49. The summed E-state index contributed by atoms with van der Waals surface area (Å²) in [6.45, 7) is 4.10. The zero-order chi connectivity index (χ0) is 26.5. The summed E-state index contributed by atoms with van der Waals surface area (Å²) in [6, 6.07) is 30.0. The van der Waals surface area contributed by atoms with Crippen molar-refractivity contribution in [3.8, 4) is 5.82 Å². The van der Waals surface area contributed by atoms with Gasteiger partial charge in [0, 0.05) is 22.5 Å². The quantitative estimate of drug-likeness (QED) is 0.265. The number of hydrogen-bond donors (Lipinski definition) is 1. The van der Waals surface area contributed by atoms with Crippen LogP contribution in [-0.4, -0.2) is 26.4 Å². The highest BCUT2D eigenvalue weighted by Gasteiger charge is 2.41. The lowest BCUT2D eigenvalue weighted by Gasteiger charge is -2.40. The number of aryl methyl sites for hydroxylation is 2. The molecule has 0 bridgehead atoms. The maximum Gasteiger partial charge on any atom is 0.179 e. The lowest BCUT2D eigenvalue weighted by molar-refractivity contribution is 0.810. The number of rotatable bonds is 3. The van der Waals surface area contributed by atoms with Gasteiger partial charge < -0.3 is 10.2 Å². The number of anilines is 2. The van der Waals surface area contributed by atoms with Gasteiger partial charge >= 0.3 is 0 Å². The fourth-order valence-corrected chi connectivity index (χ4v) is 5.30. The van der Waals surface area contributed by atoms with Gasteiger partial charge in [-0.2, -0.15) is 9.78 Å². The van der Waals surface area contributed by atoms with Crippen LogP contribution in [0.2, 0.25) is 5.02 Å². The molecule has 3 aromatic carbocycles. The van der Waals surface area contributed by atoms with Crippen molar-refractivity contribution in [2.75, 3.05) is 10.2 Å². The van der Waals surface area contributed by atoms with Crippen LogP contribution in [0, 0.1) is 13.8 Å². The molecular formula is C31H24ClN7. The first-order valence-corrected chi connectivity index (χ1v) is 13.1. The highest BCUT2D eigenvalue weighted by molar-refractivity contribution is 6.51. The van der Waals surface area contributed by atoms with Gasteiger partial charge in [-0.25, -0.2) is 15.0 Å². The Labute approximate surface area is 231 Å². The summed E-state index contributed by atoms with van der Waals surface area (Å²) in [4.78, 5) is 17.1. The van der Waals surface area contributed by atoms with E-state index in [2.05, 4.69) is 64.6 Å². The molecule has 0 amide bonds. The molecule has 4 heterocycles. The van der Waals surface area contributed by atoms with Crippen molar-refractivity contribution in [1.29, 1.82) is 0 Å². The van der Waals surface area contributed by atoms with Crippen LogP contribution in [0.3, 0.4) is 0 Å². The van der Waals surface area contributed by atoms with Gasteiger partial charge in [0.1, 0.15) is 0 Å². The van der Waals surface area contributed by atoms with Crippen molar-refractivity contribution in [2.45, 2.75) is 19.9 Å². The second-order valence-corrected chi connectivity index (χ2v) is 10.1. The van der Waals surface area contributed by atoms with Gasteiger partial charge in [-0.3, -0.25) is 0 Å². The van der Waals surface area contributed by atoms with Gasteiger partial charge in [-0.15, -0.1) is 0 Å². The van der Waals surface area contributed by atoms with Crippen molar-refractivity contribution >= 4 is 46.2 Å². The molecule has 7 rings (SSSR count). The number of aromatic nitrogens is 3. The predicted molar refractivity (Wildman–Crippen MR) is 157 cm³/mol. The van der Waals surface area contributed by atoms with E-state index in [1.807, 2.05) is 60.1 Å². The molecule has 39 heavy (non-hydrogen) atoms. The van der Waals surface area contributed by atoms with Crippen molar-refractivity contribution < 1.29 is 0 Å². The second kappa shape index (κ2) is 9.22. The zero-order valence-electron chi connectivity index (χ0n) is 21.4. The third-order valence-electron chi connectivity index (χ3n) is 7.00. The molecule has 1 N–H and O–H groups in total. The predicted octanol–water partition coefficient (Wildman–Crippen LogP) is 7.33. The topological polar surface area (TPSA) is 70.7 Å². The lowest BCUT2D eigenvalue weighted by Crippen LogP contribution is -2.46. The smallest absolute Gasteiger partial charge is 0.179 e. The van der Waals surface area contributed by atoms with Crippen LogP contribution in [0.4, 0.5) is 22.9 Å². The molecule has 2 aliphatic heterocycles. The number of halogens is 1. The largest absolute Gasteiger partial charge is 0.337 e. The molecule has 2 aliphatic rings. The number of para-hydroxylation sites is 2. The Bertz CT molecular complexity index is 1750. The molecule has 0 aliphatic carbocycles. The fraction of sp³-hybridized carbons (Fsp3) is 0.0968. The number of benzene rings is 3. The minimum Gasteiger partial charge on any atom is -0.337 e. The van der Waals surface area contributed by atoms with E-state index in [-0.39, 0.29) is 6.04 Å². The summed E-state index contributed by atoms with van der Waals surface area (Å²) in [6.07, 6.45) is 1.76. The maximum absolute atomic E-state index is 6.32. The molecule has 8 heteroatoms. The average Bonchev–Trinajstić information content (AvgIpc) is 3.30. The number of hydrogen-bond acceptors (Lipinski definition) is 6. The van der Waals surface area contributed by atoms with Crippen LogP contribution in [0.15, 0.2) is 107 Å². The van der Waals surface area contributed by atoms with E-state index in [4.69, 9.17) is 26.7 Å². The summed E-state index contributed by atoms with van der Waals surface area (Å²) >= 11 is 6.32. The molecule has 2 aromatic heterocycles. The van der Waals surface area contributed by atoms with Crippen LogP contribution >= 0.6 is 11.6 Å². The summed E-state index contributed by atoms with van der Waals surface area (Å²) < 4.78 is 1.82. The second-order valence-electron chi connectivity index (χ2n) is 9.62. The molecular weight excluding hydrogens is 506 g/mol. The van der Waals surface area contributed by atoms with E-state index in [0.29, 0.717) is 22.5 Å². The van der Waals surface area contributed by atoms with Crippen molar-refractivity contribution in [3.05, 3.63) is 125 Å². The van der Waals surface area contributed by atoms with Gasteiger partial charge in [-0.05, 0) is 67.9 Å². The van der Waals surface area contributed by atoms with Crippen LogP contribution in [0.5, 0.6) is 0 Å². The van der Waals surface area contributed by atoms with E-state index in [1.54, 1.807) is 6.20 Å². The molecule has 0 saturated heterocycles. The van der Waals surface area contributed by atoms with E-state index in [9.17, 15) is 0 Å². The summed E-state index contributed by atoms with van der Waals surface area (Å²) in [5, 5.41) is 9.15. The van der Waals surface area contributed by atoms with Gasteiger partial charge in [-0.1, -0.05) is 59.6 Å². The van der Waals surface area contributed by atoms with Gasteiger partial charge in [0.15, 0.2) is 23.3 Å². The fourth-order valence-electron chi connectivity index (χ4n) is 5.17. The number of nitrogens with one attached hydrogen (secondary N) is 1. The number of fused-ring (bicyclic) bond motifs is 4. The van der Waals surface area contributed by atoms with Crippen LogP contribution in [-0.2, 0) is 0 Å². The summed E-state index contributed by atoms with van der Waals surface area (Å²) in [5.74, 6) is 2.80. The minimum atomic E-state index is -0.214. The first-order chi connectivity index (χ1) is 19.1. The van der Waals surface area contributed by atoms with E-state index in [1.165, 1.54) is 5.56 Å². The zero-order valence-corrected chi connectivity index (χ0v) is 22.1. The molecule has 5 aromatic rings. The molecule has 0 radical (unpaired) electrons. The maximum atomic E-state index is 6.32. The Hall–Kier alpha value is -4.75. The van der Waals surface area contributed by atoms with Crippen LogP contribution in [0.25, 0.3) is 5.82 Å². The van der Waals surface area contributed by atoms with E-state index < -0.39 is 0 Å². The molecule has 0 saturated carbocycles. The van der Waals surface area contributed by atoms with E-state index in [0.717, 1.165) is 39.7 Å². The molecule has 7 nitrogen and oxygen atoms in total. The van der Waals surface area contributed by atoms with Gasteiger partial charge in [0.05, 0.1) is 23.1 Å². The van der Waals surface area contributed by atoms with Crippen molar-refractivity contribution in [2.24, 2.45) is 9.98 Å². The molecule has 0 spiro atoms. The first kappa shape index (κ1) is 23.4. The number of nitrogens with zero attached hydrogens (tertiary/aromatic N) is 6. The highest BCUT2D eigenvalue weighted by Crippen LogP contribution is 2.48. The highest BCUT2D eigenvalue weighted by atomic mass is 35.5. The van der Waals surface area contributed by atoms with E-state index >= 15 is 0 Å². The summed E-state index contributed by atoms with van der Waals surface area (Å²) in [5.41, 5.74) is 6.93. The minimum absolute atomic E-state index is 0.214. The molecule has 190 valence electrons. The number of pyridine rings is 1. The Morgan fingerprint density at radius 3 is 2.36 bits per heavy atom. The monoisotopic (exact) mass is 529 g/mol.